The van der Waals surface area contributed by atoms with Crippen LogP contribution in [0.4, 0.5) is 5.95 Å². The van der Waals surface area contributed by atoms with Crippen LogP contribution < -0.4 is 5.73 Å². The minimum Gasteiger partial charge on any atom is -0.512 e. The van der Waals surface area contributed by atoms with Crippen molar-refractivity contribution in [2.24, 2.45) is 15.7 Å². The fourth-order valence-electron chi connectivity index (χ4n) is 2.83. The van der Waals surface area contributed by atoms with Gasteiger partial charge in [-0.25, -0.2) is 15.0 Å². The number of ketones is 1. The summed E-state index contributed by atoms with van der Waals surface area (Å²) in [7, 11) is 0. The van der Waals surface area contributed by atoms with E-state index in [2.05, 4.69) is 26.0 Å². The molecule has 7 heteroatoms. The van der Waals surface area contributed by atoms with Gasteiger partial charge in [0.05, 0.1) is 16.8 Å². The van der Waals surface area contributed by atoms with Crippen LogP contribution in [0.5, 0.6) is 0 Å². The van der Waals surface area contributed by atoms with E-state index in [1.165, 1.54) is 11.8 Å². The van der Waals surface area contributed by atoms with Crippen LogP contribution in [0.15, 0.2) is 33.4 Å². The van der Waals surface area contributed by atoms with Crippen molar-refractivity contribution in [3.63, 3.8) is 0 Å². The lowest BCUT2D eigenvalue weighted by Crippen LogP contribution is -2.15. The van der Waals surface area contributed by atoms with Crippen molar-refractivity contribution in [1.29, 1.82) is 0 Å². The Morgan fingerprint density at radius 3 is 2.65 bits per heavy atom. The lowest BCUT2D eigenvalue weighted by molar-refractivity contribution is -0.115. The Morgan fingerprint density at radius 1 is 1.19 bits per heavy atom. The van der Waals surface area contributed by atoms with E-state index in [9.17, 15) is 9.90 Å². The maximum atomic E-state index is 11.8. The number of guanidine groups is 1. The van der Waals surface area contributed by atoms with Gasteiger partial charge in [0.15, 0.2) is 5.78 Å². The smallest absolute Gasteiger partial charge is 0.253 e. The minimum absolute atomic E-state index is 0.0430. The van der Waals surface area contributed by atoms with Gasteiger partial charge in [0.25, 0.3) is 5.95 Å². The molecule has 3 rings (SSSR count). The summed E-state index contributed by atoms with van der Waals surface area (Å²) in [6.45, 7) is 5.96. The number of fused-ring (bicyclic) bond motifs is 1. The van der Waals surface area contributed by atoms with Crippen LogP contribution in [0.2, 0.25) is 0 Å². The van der Waals surface area contributed by atoms with E-state index >= 15 is 0 Å². The first-order valence-electron chi connectivity index (χ1n) is 8.44. The number of aliphatic hydroxyl groups excluding tert-OH is 1. The molecule has 0 atom stereocenters. The number of aliphatic hydroxyl groups is 1. The van der Waals surface area contributed by atoms with Crippen LogP contribution in [0.25, 0.3) is 10.9 Å². The van der Waals surface area contributed by atoms with E-state index in [4.69, 9.17) is 5.73 Å². The third-order valence-electron chi connectivity index (χ3n) is 4.46. The van der Waals surface area contributed by atoms with E-state index < -0.39 is 0 Å². The molecule has 1 heterocycles. The summed E-state index contributed by atoms with van der Waals surface area (Å²) >= 11 is 0. The van der Waals surface area contributed by atoms with Gasteiger partial charge in [-0.3, -0.25) is 4.79 Å². The number of nitrogens with zero attached hydrogens (tertiary/aromatic N) is 4. The average Bonchev–Trinajstić information content (AvgIpc) is 2.56. The summed E-state index contributed by atoms with van der Waals surface area (Å²) in [6.07, 6.45) is 2.77. The molecule has 1 aromatic carbocycles. The standard InChI is InChI=1S/C19H21N5O2/c1-10-7-13-12(3)22-19(23-15(13)8-11(10)2)24-18(20)21-9-14-16(25)5-4-6-17(14)26/h7-9,25H,4-6H2,1-3H3,(H2,20,22,23,24)/b21-9+. The summed E-state index contributed by atoms with van der Waals surface area (Å²) in [5.41, 5.74) is 9.91. The van der Waals surface area contributed by atoms with Gasteiger partial charge in [0, 0.05) is 24.4 Å². The molecule has 1 aliphatic rings. The van der Waals surface area contributed by atoms with E-state index in [-0.39, 0.29) is 29.0 Å². The van der Waals surface area contributed by atoms with Gasteiger partial charge >= 0.3 is 0 Å². The molecular formula is C19H21N5O2. The SMILES string of the molecule is Cc1cc2nc(/N=C(N)/N=C/C3=C(O)CCCC3=O)nc(C)c2cc1C. The maximum absolute atomic E-state index is 11.8. The number of aryl methyl sites for hydroxylation is 3. The molecule has 0 unspecified atom stereocenters. The molecule has 2 aromatic rings. The largest absolute Gasteiger partial charge is 0.512 e. The zero-order chi connectivity index (χ0) is 18.8. The highest BCUT2D eigenvalue weighted by Gasteiger charge is 2.18. The number of aliphatic imine (C=N–C) groups is 2. The molecule has 26 heavy (non-hydrogen) atoms. The van der Waals surface area contributed by atoms with Gasteiger partial charge in [-0.1, -0.05) is 0 Å². The number of hydrogen-bond acceptors (Lipinski definition) is 5. The van der Waals surface area contributed by atoms with Crippen LogP contribution in [0.1, 0.15) is 36.1 Å². The number of carbonyl (C=O) groups excluding carboxylic acids is 1. The molecule has 0 aliphatic heterocycles. The van der Waals surface area contributed by atoms with Crippen LogP contribution in [0.3, 0.4) is 0 Å². The van der Waals surface area contributed by atoms with Crippen LogP contribution >= 0.6 is 0 Å². The van der Waals surface area contributed by atoms with Crippen LogP contribution in [-0.2, 0) is 4.79 Å². The summed E-state index contributed by atoms with van der Waals surface area (Å²) < 4.78 is 0. The molecule has 0 radical (unpaired) electrons. The molecule has 3 N–H and O–H groups in total. The van der Waals surface area contributed by atoms with Gasteiger partial charge in [-0.15, -0.1) is 0 Å². The third kappa shape index (κ3) is 3.61. The summed E-state index contributed by atoms with van der Waals surface area (Å²) in [5.74, 6) is 0.0303. The Kier molecular flexibility index (Phi) is 4.79. The first kappa shape index (κ1) is 17.7. The fraction of sp³-hybridized carbons (Fsp3) is 0.316. The van der Waals surface area contributed by atoms with E-state index in [0.717, 1.165) is 22.2 Å². The number of nitrogens with two attached hydrogens (primary N) is 1. The molecule has 0 saturated carbocycles. The Balaban J connectivity index is 1.93. The second-order valence-electron chi connectivity index (χ2n) is 6.43. The molecule has 0 spiro atoms. The number of benzene rings is 1. The van der Waals surface area contributed by atoms with Crippen molar-refractivity contribution < 1.29 is 9.90 Å². The van der Waals surface area contributed by atoms with E-state index in [1.54, 1.807) is 0 Å². The van der Waals surface area contributed by atoms with Crippen LogP contribution in [-0.4, -0.2) is 33.0 Å². The number of carbonyl (C=O) groups is 1. The second kappa shape index (κ2) is 7.03. The Labute approximate surface area is 151 Å². The minimum atomic E-state index is -0.144. The fourth-order valence-corrected chi connectivity index (χ4v) is 2.83. The molecule has 1 aliphatic carbocycles. The number of allylic oxidation sites excluding steroid dienone is 2. The molecule has 1 aromatic heterocycles. The zero-order valence-corrected chi connectivity index (χ0v) is 15.1. The topological polar surface area (TPSA) is 114 Å². The Morgan fingerprint density at radius 2 is 1.92 bits per heavy atom. The van der Waals surface area contributed by atoms with E-state index in [0.29, 0.717) is 19.3 Å². The van der Waals surface area contributed by atoms with Gasteiger partial charge in [-0.2, -0.15) is 4.99 Å². The number of aromatic nitrogens is 2. The second-order valence-corrected chi connectivity index (χ2v) is 6.43. The normalized spacial score (nSPS) is 16.1. The van der Waals surface area contributed by atoms with Crippen molar-refractivity contribution in [3.05, 3.63) is 40.3 Å². The lowest BCUT2D eigenvalue weighted by atomic mass is 9.97. The Hall–Kier alpha value is -3.09. The molecule has 7 nitrogen and oxygen atoms in total. The first-order valence-corrected chi connectivity index (χ1v) is 8.44. The quantitative estimate of drug-likeness (QED) is 0.637. The zero-order valence-electron chi connectivity index (χ0n) is 15.1. The predicted molar refractivity (Wildman–Crippen MR) is 102 cm³/mol. The number of Topliss-reactive ketones (excluding diaryl/α,β-unsaturated/α-hetero) is 1. The third-order valence-corrected chi connectivity index (χ3v) is 4.46. The highest BCUT2D eigenvalue weighted by Crippen LogP contribution is 2.22. The lowest BCUT2D eigenvalue weighted by Gasteiger charge is -2.10. The maximum Gasteiger partial charge on any atom is 0.253 e. The van der Waals surface area contributed by atoms with E-state index in [1.807, 2.05) is 26.8 Å². The number of rotatable bonds is 2. The van der Waals surface area contributed by atoms with Gasteiger partial charge in [0.1, 0.15) is 5.76 Å². The molecule has 0 saturated heterocycles. The van der Waals surface area contributed by atoms with Gasteiger partial charge < -0.3 is 10.8 Å². The summed E-state index contributed by atoms with van der Waals surface area (Å²) in [6, 6.07) is 4.04. The average molecular weight is 351 g/mol. The summed E-state index contributed by atoms with van der Waals surface area (Å²) in [4.78, 5) is 28.7. The number of hydrogen-bond donors (Lipinski definition) is 2. The molecule has 134 valence electrons. The van der Waals surface area contributed by atoms with Gasteiger partial charge in [0.2, 0.25) is 5.96 Å². The monoisotopic (exact) mass is 351 g/mol. The van der Waals surface area contributed by atoms with Crippen molar-refractivity contribution in [2.45, 2.75) is 40.0 Å². The van der Waals surface area contributed by atoms with Crippen LogP contribution in [0, 0.1) is 20.8 Å². The first-order chi connectivity index (χ1) is 12.3. The predicted octanol–water partition coefficient (Wildman–Crippen LogP) is 3.14. The van der Waals surface area contributed by atoms with Gasteiger partial charge in [-0.05, 0) is 50.5 Å². The van der Waals surface area contributed by atoms with Crippen molar-refractivity contribution >= 4 is 34.8 Å². The summed E-state index contributed by atoms with van der Waals surface area (Å²) in [5, 5.41) is 10.8. The molecule has 0 bridgehead atoms. The highest BCUT2D eigenvalue weighted by molar-refractivity contribution is 6.16. The molecule has 0 fully saturated rings. The van der Waals surface area contributed by atoms with Crippen molar-refractivity contribution in [3.8, 4) is 0 Å². The van der Waals surface area contributed by atoms with Crippen molar-refractivity contribution in [2.75, 3.05) is 0 Å². The highest BCUT2D eigenvalue weighted by atomic mass is 16.3. The van der Waals surface area contributed by atoms with Crippen molar-refractivity contribution in [1.82, 2.24) is 9.97 Å². The molecule has 0 amide bonds. The Bertz CT molecular complexity index is 989. The molecular weight excluding hydrogens is 330 g/mol.